The third kappa shape index (κ3) is 4.17. The quantitative estimate of drug-likeness (QED) is 0.359. The van der Waals surface area contributed by atoms with E-state index >= 15 is 0 Å². The van der Waals surface area contributed by atoms with E-state index in [1.807, 2.05) is 38.1 Å². The highest BCUT2D eigenvalue weighted by molar-refractivity contribution is 7.66. The molecule has 1 unspecified atom stereocenters. The molecular formula is C22H22FO3PS. The van der Waals surface area contributed by atoms with Crippen LogP contribution in [0.5, 0.6) is 0 Å². The lowest BCUT2D eigenvalue weighted by molar-refractivity contribution is 0.102. The van der Waals surface area contributed by atoms with E-state index in [0.717, 1.165) is 21.6 Å². The number of hydrogen-bond acceptors (Lipinski definition) is 4. The molecule has 28 heavy (non-hydrogen) atoms. The topological polar surface area (TPSA) is 43.4 Å². The SMILES string of the molecule is COP(=O)(Cc1cc(-c2ccc(F)cc2)sc1C(C)=O)c1ccc(C)cc1C. The Morgan fingerprint density at radius 1 is 1.11 bits per heavy atom. The van der Waals surface area contributed by atoms with Crippen molar-refractivity contribution in [1.29, 1.82) is 0 Å². The van der Waals surface area contributed by atoms with Gasteiger partial charge >= 0.3 is 0 Å². The fourth-order valence-corrected chi connectivity index (χ4v) is 6.55. The van der Waals surface area contributed by atoms with Crippen molar-refractivity contribution in [3.05, 3.63) is 75.9 Å². The summed E-state index contributed by atoms with van der Waals surface area (Å²) >= 11 is 1.33. The van der Waals surface area contributed by atoms with E-state index in [0.29, 0.717) is 15.7 Å². The van der Waals surface area contributed by atoms with Gasteiger partial charge in [-0.1, -0.05) is 29.8 Å². The molecule has 0 spiro atoms. The van der Waals surface area contributed by atoms with E-state index in [-0.39, 0.29) is 17.8 Å². The lowest BCUT2D eigenvalue weighted by atomic mass is 10.1. The molecule has 0 aliphatic carbocycles. The zero-order valence-corrected chi connectivity index (χ0v) is 18.0. The molecule has 0 amide bonds. The van der Waals surface area contributed by atoms with Crippen molar-refractivity contribution in [3.63, 3.8) is 0 Å². The molecule has 0 aliphatic rings. The summed E-state index contributed by atoms with van der Waals surface area (Å²) < 4.78 is 32.4. The summed E-state index contributed by atoms with van der Waals surface area (Å²) in [7, 11) is -1.75. The average Bonchev–Trinajstić information content (AvgIpc) is 3.06. The highest BCUT2D eigenvalue weighted by Gasteiger charge is 2.29. The van der Waals surface area contributed by atoms with Crippen LogP contribution < -0.4 is 5.30 Å². The first-order chi connectivity index (χ1) is 13.2. The molecule has 0 fully saturated rings. The van der Waals surface area contributed by atoms with Crippen LogP contribution in [0, 0.1) is 19.7 Å². The van der Waals surface area contributed by atoms with Crippen LogP contribution in [0.25, 0.3) is 10.4 Å². The van der Waals surface area contributed by atoms with E-state index in [1.165, 1.54) is 37.5 Å². The van der Waals surface area contributed by atoms with Crippen LogP contribution in [0.3, 0.4) is 0 Å². The maximum absolute atomic E-state index is 13.7. The van der Waals surface area contributed by atoms with Crippen LogP contribution in [0.2, 0.25) is 0 Å². The van der Waals surface area contributed by atoms with Crippen LogP contribution >= 0.6 is 18.7 Å². The fourth-order valence-electron chi connectivity index (χ4n) is 3.26. The maximum atomic E-state index is 13.7. The van der Waals surface area contributed by atoms with Gasteiger partial charge in [0.2, 0.25) is 7.37 Å². The summed E-state index contributed by atoms with van der Waals surface area (Å²) in [4.78, 5) is 13.6. The van der Waals surface area contributed by atoms with Crippen molar-refractivity contribution in [2.45, 2.75) is 26.9 Å². The van der Waals surface area contributed by atoms with Gasteiger partial charge in [-0.15, -0.1) is 11.3 Å². The monoisotopic (exact) mass is 416 g/mol. The fraction of sp³-hybridized carbons (Fsp3) is 0.227. The van der Waals surface area contributed by atoms with E-state index < -0.39 is 7.37 Å². The molecule has 0 aliphatic heterocycles. The number of ketones is 1. The third-order valence-corrected chi connectivity index (χ3v) is 8.56. The largest absolute Gasteiger partial charge is 0.328 e. The molecule has 0 N–H and O–H groups in total. The van der Waals surface area contributed by atoms with E-state index in [9.17, 15) is 13.8 Å². The third-order valence-electron chi connectivity index (χ3n) is 4.65. The van der Waals surface area contributed by atoms with Crippen LogP contribution in [-0.2, 0) is 15.3 Å². The Balaban J connectivity index is 2.05. The predicted octanol–water partition coefficient (Wildman–Crippen LogP) is 6.12. The first kappa shape index (κ1) is 20.7. The number of carbonyl (C=O) groups is 1. The summed E-state index contributed by atoms with van der Waals surface area (Å²) in [5.41, 5.74) is 3.51. The number of rotatable bonds is 6. The van der Waals surface area contributed by atoms with E-state index in [2.05, 4.69) is 0 Å². The van der Waals surface area contributed by atoms with Gasteiger partial charge < -0.3 is 4.52 Å². The highest BCUT2D eigenvalue weighted by atomic mass is 32.1. The van der Waals surface area contributed by atoms with Gasteiger partial charge in [0.15, 0.2) is 5.78 Å². The van der Waals surface area contributed by atoms with Crippen LogP contribution in [0.4, 0.5) is 4.39 Å². The zero-order valence-electron chi connectivity index (χ0n) is 16.3. The molecule has 2 aromatic carbocycles. The van der Waals surface area contributed by atoms with Gasteiger partial charge in [-0.25, -0.2) is 4.39 Å². The molecule has 0 radical (unpaired) electrons. The van der Waals surface area contributed by atoms with Crippen molar-refractivity contribution in [2.24, 2.45) is 0 Å². The number of hydrogen-bond donors (Lipinski definition) is 0. The Labute approximate surface area is 168 Å². The van der Waals surface area contributed by atoms with Gasteiger partial charge in [0, 0.05) is 17.3 Å². The molecule has 0 saturated heterocycles. The van der Waals surface area contributed by atoms with Crippen molar-refractivity contribution < 1.29 is 18.3 Å². The first-order valence-corrected chi connectivity index (χ1v) is 11.5. The molecule has 1 heterocycles. The van der Waals surface area contributed by atoms with Crippen molar-refractivity contribution in [3.8, 4) is 10.4 Å². The molecule has 1 atom stereocenters. The summed E-state index contributed by atoms with van der Waals surface area (Å²) in [5, 5.41) is 0.671. The van der Waals surface area contributed by atoms with Gasteiger partial charge in [-0.05, 0) is 61.7 Å². The van der Waals surface area contributed by atoms with Crippen molar-refractivity contribution >= 4 is 29.8 Å². The average molecular weight is 416 g/mol. The van der Waals surface area contributed by atoms with Gasteiger partial charge in [0.25, 0.3) is 0 Å². The Morgan fingerprint density at radius 3 is 2.36 bits per heavy atom. The van der Waals surface area contributed by atoms with Crippen LogP contribution in [0.1, 0.15) is 33.3 Å². The second-order valence-corrected chi connectivity index (χ2v) is 10.4. The van der Waals surface area contributed by atoms with Gasteiger partial charge in [0.05, 0.1) is 11.0 Å². The van der Waals surface area contributed by atoms with E-state index in [4.69, 9.17) is 4.52 Å². The second-order valence-electron chi connectivity index (χ2n) is 6.83. The lowest BCUT2D eigenvalue weighted by Gasteiger charge is -2.19. The molecule has 3 aromatic rings. The Bertz CT molecular complexity index is 1070. The number of Topliss-reactive ketones (excluding diaryl/α,β-unsaturated/α-hetero) is 1. The van der Waals surface area contributed by atoms with Crippen LogP contribution in [-0.4, -0.2) is 12.9 Å². The molecule has 0 bridgehead atoms. The molecule has 1 aromatic heterocycles. The van der Waals surface area contributed by atoms with Crippen molar-refractivity contribution in [2.75, 3.05) is 7.11 Å². The lowest BCUT2D eigenvalue weighted by Crippen LogP contribution is -2.12. The molecule has 3 nitrogen and oxygen atoms in total. The Hall–Kier alpha value is -2.07. The number of thiophene rings is 1. The minimum absolute atomic E-state index is 0.0864. The molecular weight excluding hydrogens is 394 g/mol. The maximum Gasteiger partial charge on any atom is 0.236 e. The van der Waals surface area contributed by atoms with E-state index in [1.54, 1.807) is 12.1 Å². The van der Waals surface area contributed by atoms with Crippen molar-refractivity contribution in [1.82, 2.24) is 0 Å². The summed E-state index contributed by atoms with van der Waals surface area (Å²) in [5.74, 6) is -0.400. The number of halogens is 1. The highest BCUT2D eigenvalue weighted by Crippen LogP contribution is 2.51. The molecule has 0 saturated carbocycles. The van der Waals surface area contributed by atoms with Gasteiger partial charge in [0.1, 0.15) is 5.82 Å². The molecule has 3 rings (SSSR count). The first-order valence-electron chi connectivity index (χ1n) is 8.85. The normalized spacial score (nSPS) is 13.3. The molecule has 6 heteroatoms. The summed E-state index contributed by atoms with van der Waals surface area (Å²) in [6, 6.07) is 13.7. The smallest absolute Gasteiger partial charge is 0.236 e. The number of carbonyl (C=O) groups excluding carboxylic acids is 1. The number of aryl methyl sites for hydroxylation is 2. The minimum atomic E-state index is -3.19. The van der Waals surface area contributed by atoms with Crippen LogP contribution in [0.15, 0.2) is 48.5 Å². The zero-order chi connectivity index (χ0) is 20.5. The van der Waals surface area contributed by atoms with Gasteiger partial charge in [-0.3, -0.25) is 9.36 Å². The Kier molecular flexibility index (Phi) is 5.99. The summed E-state index contributed by atoms with van der Waals surface area (Å²) in [6.45, 7) is 5.40. The molecule has 146 valence electrons. The predicted molar refractivity (Wildman–Crippen MR) is 114 cm³/mol. The minimum Gasteiger partial charge on any atom is -0.328 e. The Morgan fingerprint density at radius 2 is 1.79 bits per heavy atom. The van der Waals surface area contributed by atoms with Gasteiger partial charge in [-0.2, -0.15) is 0 Å². The summed E-state index contributed by atoms with van der Waals surface area (Å²) in [6.07, 6.45) is 0.139. The second kappa shape index (κ2) is 8.12. The number of benzene rings is 2. The standard InChI is InChI=1S/C22H22FO3PS/c1-14-5-10-20(15(2)11-14)27(25,26-4)13-18-12-21(28-22(18)16(3)24)17-6-8-19(23)9-7-17/h5-12H,13H2,1-4H3.